The number of benzene rings is 2. The van der Waals surface area contributed by atoms with E-state index < -0.39 is 0 Å². The number of hydrogen-bond acceptors (Lipinski definition) is 3. The number of ether oxygens (including phenoxy) is 2. The summed E-state index contributed by atoms with van der Waals surface area (Å²) in [6.45, 7) is 2.05. The normalized spacial score (nSPS) is 9.95. The Morgan fingerprint density at radius 1 is 1.00 bits per heavy atom. The fourth-order valence-corrected chi connectivity index (χ4v) is 1.59. The minimum atomic E-state index is -0.200. The Kier molecular flexibility index (Phi) is 4.56. The zero-order valence-electron chi connectivity index (χ0n) is 10.8. The summed E-state index contributed by atoms with van der Waals surface area (Å²) in [4.78, 5) is 11.1. The van der Waals surface area contributed by atoms with Gasteiger partial charge in [-0.1, -0.05) is 37.3 Å². The lowest BCUT2D eigenvalue weighted by atomic mass is 10.2. The van der Waals surface area contributed by atoms with Crippen LogP contribution in [0.3, 0.4) is 0 Å². The van der Waals surface area contributed by atoms with E-state index in [9.17, 15) is 4.79 Å². The maximum Gasteiger partial charge on any atom is 0.305 e. The summed E-state index contributed by atoms with van der Waals surface area (Å²) in [6.07, 6.45) is 0.389. The van der Waals surface area contributed by atoms with E-state index in [1.807, 2.05) is 54.6 Å². The number of carbonyl (C=O) groups excluding carboxylic acids is 1. The number of carbonyl (C=O) groups is 1. The third kappa shape index (κ3) is 4.14. The molecule has 0 radical (unpaired) electrons. The molecule has 0 saturated carbocycles. The van der Waals surface area contributed by atoms with Crippen LogP contribution in [0, 0.1) is 0 Å². The second kappa shape index (κ2) is 6.59. The molecule has 3 nitrogen and oxygen atoms in total. The Bertz CT molecular complexity index is 535. The standard InChI is InChI=1S/C16H16O3/c1-2-16(17)18-12-13-7-6-10-15(11-13)19-14-8-4-3-5-9-14/h3-11H,2,12H2,1H3. The molecule has 2 aromatic rings. The van der Waals surface area contributed by atoms with Gasteiger partial charge in [-0.05, 0) is 29.8 Å². The molecule has 0 aliphatic carbocycles. The van der Waals surface area contributed by atoms with Crippen molar-refractivity contribution in [3.8, 4) is 11.5 Å². The molecule has 0 spiro atoms. The van der Waals surface area contributed by atoms with Crippen molar-refractivity contribution in [1.29, 1.82) is 0 Å². The Balaban J connectivity index is 2.01. The molecule has 0 heterocycles. The van der Waals surface area contributed by atoms with Crippen LogP contribution < -0.4 is 4.74 Å². The Morgan fingerprint density at radius 2 is 1.74 bits per heavy atom. The van der Waals surface area contributed by atoms with Crippen LogP contribution >= 0.6 is 0 Å². The summed E-state index contributed by atoms with van der Waals surface area (Å²) in [5, 5.41) is 0. The number of para-hydroxylation sites is 1. The van der Waals surface area contributed by atoms with E-state index in [4.69, 9.17) is 9.47 Å². The van der Waals surface area contributed by atoms with Crippen LogP contribution in [0.2, 0.25) is 0 Å². The first-order chi connectivity index (χ1) is 9.28. The van der Waals surface area contributed by atoms with Crippen molar-refractivity contribution < 1.29 is 14.3 Å². The summed E-state index contributed by atoms with van der Waals surface area (Å²) in [7, 11) is 0. The molecule has 3 heteroatoms. The Labute approximate surface area is 112 Å². The average Bonchev–Trinajstić information content (AvgIpc) is 2.46. The first kappa shape index (κ1) is 13.1. The quantitative estimate of drug-likeness (QED) is 0.760. The molecule has 0 aromatic heterocycles. The molecular formula is C16H16O3. The monoisotopic (exact) mass is 256 g/mol. The second-order valence-electron chi connectivity index (χ2n) is 4.08. The molecule has 0 N–H and O–H groups in total. The van der Waals surface area contributed by atoms with Gasteiger partial charge >= 0.3 is 5.97 Å². The lowest BCUT2D eigenvalue weighted by molar-refractivity contribution is -0.144. The van der Waals surface area contributed by atoms with Gasteiger partial charge in [-0.3, -0.25) is 4.79 Å². The van der Waals surface area contributed by atoms with Crippen LogP contribution in [0.5, 0.6) is 11.5 Å². The van der Waals surface area contributed by atoms with Gasteiger partial charge in [0.05, 0.1) is 0 Å². The maximum absolute atomic E-state index is 11.1. The molecule has 2 aromatic carbocycles. The first-order valence-corrected chi connectivity index (χ1v) is 6.25. The van der Waals surface area contributed by atoms with Crippen molar-refractivity contribution in [3.63, 3.8) is 0 Å². The summed E-state index contributed by atoms with van der Waals surface area (Å²) >= 11 is 0. The second-order valence-corrected chi connectivity index (χ2v) is 4.08. The highest BCUT2D eigenvalue weighted by Crippen LogP contribution is 2.22. The smallest absolute Gasteiger partial charge is 0.305 e. The zero-order valence-corrected chi connectivity index (χ0v) is 10.8. The molecule has 0 amide bonds. The molecule has 0 aliphatic rings. The van der Waals surface area contributed by atoms with Gasteiger partial charge in [0.15, 0.2) is 0 Å². The molecule has 0 bridgehead atoms. The van der Waals surface area contributed by atoms with Crippen LogP contribution in [-0.4, -0.2) is 5.97 Å². The lowest BCUT2D eigenvalue weighted by Gasteiger charge is -2.08. The summed E-state index contributed by atoms with van der Waals surface area (Å²) in [5.74, 6) is 1.32. The van der Waals surface area contributed by atoms with E-state index >= 15 is 0 Å². The topological polar surface area (TPSA) is 35.5 Å². The number of hydrogen-bond donors (Lipinski definition) is 0. The predicted molar refractivity (Wildman–Crippen MR) is 73.0 cm³/mol. The highest BCUT2D eigenvalue weighted by atomic mass is 16.5. The molecular weight excluding hydrogens is 240 g/mol. The van der Waals surface area contributed by atoms with Crippen molar-refractivity contribution >= 4 is 5.97 Å². The molecule has 19 heavy (non-hydrogen) atoms. The SMILES string of the molecule is CCC(=O)OCc1cccc(Oc2ccccc2)c1. The van der Waals surface area contributed by atoms with E-state index in [0.29, 0.717) is 6.42 Å². The van der Waals surface area contributed by atoms with Crippen LogP contribution in [0.15, 0.2) is 54.6 Å². The molecule has 0 saturated heterocycles. The fourth-order valence-electron chi connectivity index (χ4n) is 1.59. The predicted octanol–water partition coefficient (Wildman–Crippen LogP) is 3.93. The Hall–Kier alpha value is -2.29. The number of esters is 1. The molecule has 0 unspecified atom stereocenters. The summed E-state index contributed by atoms with van der Waals surface area (Å²) in [5.41, 5.74) is 0.912. The van der Waals surface area contributed by atoms with Crippen molar-refractivity contribution in [1.82, 2.24) is 0 Å². The van der Waals surface area contributed by atoms with E-state index in [1.54, 1.807) is 6.92 Å². The third-order valence-electron chi connectivity index (χ3n) is 2.57. The average molecular weight is 256 g/mol. The van der Waals surface area contributed by atoms with Gasteiger partial charge in [0, 0.05) is 6.42 Å². The van der Waals surface area contributed by atoms with Crippen LogP contribution in [0.25, 0.3) is 0 Å². The van der Waals surface area contributed by atoms with Crippen LogP contribution in [0.4, 0.5) is 0 Å². The van der Waals surface area contributed by atoms with Gasteiger partial charge in [0.1, 0.15) is 18.1 Å². The van der Waals surface area contributed by atoms with Gasteiger partial charge in [-0.25, -0.2) is 0 Å². The van der Waals surface area contributed by atoms with Crippen molar-refractivity contribution in [3.05, 3.63) is 60.2 Å². The highest BCUT2D eigenvalue weighted by Gasteiger charge is 2.02. The van der Waals surface area contributed by atoms with E-state index in [-0.39, 0.29) is 12.6 Å². The van der Waals surface area contributed by atoms with Crippen molar-refractivity contribution in [2.75, 3.05) is 0 Å². The Morgan fingerprint density at radius 3 is 2.47 bits per heavy atom. The van der Waals surface area contributed by atoms with Gasteiger partial charge in [0.2, 0.25) is 0 Å². The third-order valence-corrected chi connectivity index (χ3v) is 2.57. The van der Waals surface area contributed by atoms with Gasteiger partial charge < -0.3 is 9.47 Å². The first-order valence-electron chi connectivity index (χ1n) is 6.25. The van der Waals surface area contributed by atoms with E-state index in [2.05, 4.69) is 0 Å². The molecule has 0 fully saturated rings. The molecule has 2 rings (SSSR count). The van der Waals surface area contributed by atoms with E-state index in [1.165, 1.54) is 0 Å². The van der Waals surface area contributed by atoms with Gasteiger partial charge in [-0.15, -0.1) is 0 Å². The fraction of sp³-hybridized carbons (Fsp3) is 0.188. The highest BCUT2D eigenvalue weighted by molar-refractivity contribution is 5.68. The zero-order chi connectivity index (χ0) is 13.5. The van der Waals surface area contributed by atoms with E-state index in [0.717, 1.165) is 17.1 Å². The summed E-state index contributed by atoms with van der Waals surface area (Å²) in [6, 6.07) is 17.1. The molecule has 98 valence electrons. The van der Waals surface area contributed by atoms with Crippen LogP contribution in [0.1, 0.15) is 18.9 Å². The van der Waals surface area contributed by atoms with Crippen molar-refractivity contribution in [2.24, 2.45) is 0 Å². The summed E-state index contributed by atoms with van der Waals surface area (Å²) < 4.78 is 10.8. The van der Waals surface area contributed by atoms with Crippen molar-refractivity contribution in [2.45, 2.75) is 20.0 Å². The molecule has 0 aliphatic heterocycles. The lowest BCUT2D eigenvalue weighted by Crippen LogP contribution is -2.02. The van der Waals surface area contributed by atoms with Gasteiger partial charge in [-0.2, -0.15) is 0 Å². The minimum Gasteiger partial charge on any atom is -0.461 e. The molecule has 0 atom stereocenters. The minimum absolute atomic E-state index is 0.200. The van der Waals surface area contributed by atoms with Gasteiger partial charge in [0.25, 0.3) is 0 Å². The maximum atomic E-state index is 11.1. The van der Waals surface area contributed by atoms with Crippen LogP contribution in [-0.2, 0) is 16.1 Å². The largest absolute Gasteiger partial charge is 0.461 e. The number of rotatable bonds is 5.